The van der Waals surface area contributed by atoms with Crippen molar-refractivity contribution in [2.45, 2.75) is 265 Å². The molecule has 0 aromatic heterocycles. The molecule has 0 unspecified atom stereocenters. The van der Waals surface area contributed by atoms with Crippen LogP contribution in [-0.2, 0) is 21.7 Å². The molecular weight excluding hydrogens is 697 g/mol. The first-order chi connectivity index (χ1) is 24.5. The zero-order valence-corrected chi connectivity index (χ0v) is 37.8. The first-order valence-corrected chi connectivity index (χ1v) is 27.5. The molecule has 300 valence electrons. The van der Waals surface area contributed by atoms with E-state index in [1.165, 1.54) is 193 Å². The Morgan fingerprint density at radius 1 is 0.333 bits per heavy atom. The molecule has 0 aromatic rings. The summed E-state index contributed by atoms with van der Waals surface area (Å²) in [5.74, 6) is 0. The molecule has 0 aromatic carbocycles. The third-order valence-electron chi connectivity index (χ3n) is 14.6. The Bertz CT molecular complexity index is 636. The van der Waals surface area contributed by atoms with Gasteiger partial charge in [-0.1, -0.05) is 219 Å². The number of aliphatic hydroxyl groups excluding tert-OH is 2. The summed E-state index contributed by atoms with van der Waals surface area (Å²) in [6, 6.07) is 0. The molecule has 4 nitrogen and oxygen atoms in total. The Morgan fingerprint density at radius 2 is 0.490 bits per heavy atom. The van der Waals surface area contributed by atoms with E-state index in [1.54, 1.807) is 0 Å². The molecule has 6 rings (SSSR count). The fourth-order valence-electron chi connectivity index (χ4n) is 11.7. The summed E-state index contributed by atoms with van der Waals surface area (Å²) < 4.78 is 0. The van der Waals surface area contributed by atoms with E-state index in [0.717, 1.165) is 58.9 Å². The Labute approximate surface area is 335 Å². The van der Waals surface area contributed by atoms with Crippen molar-refractivity contribution in [3.63, 3.8) is 0 Å². The van der Waals surface area contributed by atoms with Gasteiger partial charge in [-0.05, 0) is 46.1 Å². The Hall–Kier alpha value is 0.988. The van der Waals surface area contributed by atoms with Gasteiger partial charge in [0, 0.05) is 34.9 Å². The third kappa shape index (κ3) is 15.5. The fourth-order valence-corrected chi connectivity index (χ4v) is 23.7. The van der Waals surface area contributed by atoms with Crippen molar-refractivity contribution in [1.82, 2.24) is 0 Å². The molecule has 0 radical (unpaired) electrons. The maximum absolute atomic E-state index is 12.0. The summed E-state index contributed by atoms with van der Waals surface area (Å²) in [4.78, 5) is 24.0. The average Bonchev–Trinajstić information content (AvgIpc) is 3.20. The molecule has 6 aliphatic rings. The molecular formula is C44H88O4Si2Ti. The van der Waals surface area contributed by atoms with Gasteiger partial charge in [0.05, 0.1) is 0 Å². The van der Waals surface area contributed by atoms with E-state index in [1.807, 2.05) is 0 Å². The quantitative estimate of drug-likeness (QED) is 0.166. The standard InChI is InChI=1S/2C18H34OSi.2C4H10O.Ti/c2*19-20(16-10-4-1-5-11-16,17-12-6-2-7-13-17)18-14-8-3-9-15-18;2*1-2-3-4-5;/h2*16-19H,1-15H2;2*5H,2-4H2,1H3;. The van der Waals surface area contributed by atoms with Crippen LogP contribution in [0.5, 0.6) is 0 Å². The average molecular weight is 785 g/mol. The number of aliphatic hydroxyl groups is 2. The van der Waals surface area contributed by atoms with E-state index < -0.39 is 16.6 Å². The minimum atomic E-state index is -2.05. The van der Waals surface area contributed by atoms with Gasteiger partial charge in [0.15, 0.2) is 16.6 Å². The molecule has 0 aliphatic heterocycles. The van der Waals surface area contributed by atoms with Gasteiger partial charge in [0.25, 0.3) is 0 Å². The number of hydrogen-bond acceptors (Lipinski definition) is 4. The molecule has 0 saturated heterocycles. The van der Waals surface area contributed by atoms with E-state index in [-0.39, 0.29) is 21.7 Å². The van der Waals surface area contributed by atoms with Crippen LogP contribution in [0.3, 0.4) is 0 Å². The number of hydrogen-bond donors (Lipinski definition) is 4. The second kappa shape index (κ2) is 28.4. The minimum Gasteiger partial charge on any atom is -0.431 e. The first-order valence-electron chi connectivity index (χ1n) is 23.1. The fraction of sp³-hybridized carbons (Fsp3) is 1.00. The number of unbranched alkanes of at least 4 members (excludes halogenated alkanes) is 2. The molecule has 4 N–H and O–H groups in total. The molecule has 6 saturated carbocycles. The van der Waals surface area contributed by atoms with Gasteiger partial charge in [0.1, 0.15) is 0 Å². The smallest absolute Gasteiger partial charge is 0.197 e. The molecule has 6 fully saturated rings. The first kappa shape index (κ1) is 48.1. The number of rotatable bonds is 10. The van der Waals surface area contributed by atoms with Crippen molar-refractivity contribution in [2.24, 2.45) is 0 Å². The van der Waals surface area contributed by atoms with Crippen LogP contribution in [0.25, 0.3) is 0 Å². The van der Waals surface area contributed by atoms with Crippen molar-refractivity contribution < 1.29 is 41.5 Å². The topological polar surface area (TPSA) is 80.9 Å². The summed E-state index contributed by atoms with van der Waals surface area (Å²) in [5, 5.41) is 16.1. The van der Waals surface area contributed by atoms with Crippen molar-refractivity contribution in [1.29, 1.82) is 0 Å². The molecule has 0 spiro atoms. The van der Waals surface area contributed by atoms with Crippen molar-refractivity contribution in [3.8, 4) is 0 Å². The van der Waals surface area contributed by atoms with Gasteiger partial charge < -0.3 is 19.8 Å². The molecule has 51 heavy (non-hydrogen) atoms. The predicted molar refractivity (Wildman–Crippen MR) is 221 cm³/mol. The Balaban J connectivity index is 0.000000276. The van der Waals surface area contributed by atoms with Crippen LogP contribution >= 0.6 is 0 Å². The minimum absolute atomic E-state index is 0. The van der Waals surface area contributed by atoms with Crippen LogP contribution in [0.1, 0.15) is 232 Å². The van der Waals surface area contributed by atoms with Crippen LogP contribution in [0.2, 0.25) is 33.2 Å². The van der Waals surface area contributed by atoms with Crippen molar-refractivity contribution >= 4 is 16.6 Å². The van der Waals surface area contributed by atoms with Gasteiger partial charge in [-0.2, -0.15) is 0 Å². The van der Waals surface area contributed by atoms with Crippen LogP contribution in [0, 0.1) is 0 Å². The molecule has 0 amide bonds. The normalized spacial score (nSPS) is 24.1. The Kier molecular flexibility index (Phi) is 26.8. The summed E-state index contributed by atoms with van der Waals surface area (Å²) in [5.41, 5.74) is 4.60. The van der Waals surface area contributed by atoms with E-state index in [0.29, 0.717) is 13.2 Å². The molecule has 0 heterocycles. The van der Waals surface area contributed by atoms with Crippen LogP contribution < -0.4 is 0 Å². The van der Waals surface area contributed by atoms with Gasteiger partial charge in [-0.15, -0.1) is 0 Å². The van der Waals surface area contributed by atoms with Gasteiger partial charge in [-0.3, -0.25) is 0 Å². The largest absolute Gasteiger partial charge is 0.431 e. The Morgan fingerprint density at radius 3 is 0.588 bits per heavy atom. The third-order valence-corrected chi connectivity index (χ3v) is 25.9. The monoisotopic (exact) mass is 785 g/mol. The molecule has 0 bridgehead atoms. The van der Waals surface area contributed by atoms with Gasteiger partial charge >= 0.3 is 0 Å². The van der Waals surface area contributed by atoms with Gasteiger partial charge in [0.2, 0.25) is 0 Å². The predicted octanol–water partition coefficient (Wildman–Crippen LogP) is 13.4. The van der Waals surface area contributed by atoms with Gasteiger partial charge in [-0.25, -0.2) is 0 Å². The second-order valence-electron chi connectivity index (χ2n) is 17.9. The zero-order chi connectivity index (χ0) is 35.9. The second-order valence-corrected chi connectivity index (χ2v) is 26.4. The zero-order valence-electron chi connectivity index (χ0n) is 34.2. The molecule has 0 atom stereocenters. The summed E-state index contributed by atoms with van der Waals surface area (Å²) in [7, 11) is -4.09. The SMILES string of the molecule is CCCCO.CCCCO.O[Si](C1CCCCC1)(C1CCCCC1)C1CCCCC1.O[Si](C1CCCCC1)(C1CCCCC1)C1CCCCC1.[Ti]. The van der Waals surface area contributed by atoms with Crippen molar-refractivity contribution in [3.05, 3.63) is 0 Å². The van der Waals surface area contributed by atoms with E-state index >= 15 is 0 Å². The summed E-state index contributed by atoms with van der Waals surface area (Å²) in [6.45, 7) is 4.79. The van der Waals surface area contributed by atoms with E-state index in [4.69, 9.17) is 10.2 Å². The molecule has 6 aliphatic carbocycles. The van der Waals surface area contributed by atoms with E-state index in [9.17, 15) is 9.59 Å². The van der Waals surface area contributed by atoms with Crippen LogP contribution in [0.15, 0.2) is 0 Å². The van der Waals surface area contributed by atoms with Crippen molar-refractivity contribution in [2.75, 3.05) is 13.2 Å². The van der Waals surface area contributed by atoms with E-state index in [2.05, 4.69) is 13.8 Å². The molecule has 7 heteroatoms. The summed E-state index contributed by atoms with van der Waals surface area (Å²) in [6.07, 6.45) is 45.9. The van der Waals surface area contributed by atoms with Crippen LogP contribution in [0.4, 0.5) is 0 Å². The maximum atomic E-state index is 12.0. The maximum Gasteiger partial charge on any atom is 0.197 e. The summed E-state index contributed by atoms with van der Waals surface area (Å²) >= 11 is 0. The van der Waals surface area contributed by atoms with Crippen LogP contribution in [-0.4, -0.2) is 49.7 Å².